The molecule has 0 bridgehead atoms. The number of aromatic nitrogens is 3. The molecule has 4 N–H and O–H groups in total. The van der Waals surface area contributed by atoms with Crippen LogP contribution in [0.2, 0.25) is 0 Å². The van der Waals surface area contributed by atoms with Crippen molar-refractivity contribution in [1.29, 1.82) is 0 Å². The van der Waals surface area contributed by atoms with Gasteiger partial charge in [0.15, 0.2) is 5.82 Å². The number of hydrogen-bond donors (Lipinski definition) is 3. The van der Waals surface area contributed by atoms with Crippen molar-refractivity contribution in [2.24, 2.45) is 7.05 Å². The van der Waals surface area contributed by atoms with E-state index < -0.39 is 17.3 Å². The summed E-state index contributed by atoms with van der Waals surface area (Å²) in [5.41, 5.74) is 5.68. The zero-order valence-corrected chi connectivity index (χ0v) is 10.1. The standard InChI is InChI=1S/C11H12FN5O2/c1-17-5-15-16-10(17)4-14-9-3-7(12)6(11(18)19)2-8(9)13/h2-3,5,14H,4,13H2,1H3,(H,18,19). The van der Waals surface area contributed by atoms with Crippen molar-refractivity contribution >= 4 is 17.3 Å². The Kier molecular flexibility index (Phi) is 3.32. The molecule has 8 heteroatoms. The molecule has 0 unspecified atom stereocenters. The third-order valence-corrected chi connectivity index (χ3v) is 2.61. The molecule has 2 rings (SSSR count). The summed E-state index contributed by atoms with van der Waals surface area (Å²) in [6.07, 6.45) is 1.54. The van der Waals surface area contributed by atoms with Gasteiger partial charge in [0.25, 0.3) is 0 Å². The second-order valence-corrected chi connectivity index (χ2v) is 3.94. The predicted octanol–water partition coefficient (Wildman–Crippen LogP) is 0.847. The van der Waals surface area contributed by atoms with Crippen molar-refractivity contribution in [3.8, 4) is 0 Å². The topological polar surface area (TPSA) is 106 Å². The highest BCUT2D eigenvalue weighted by molar-refractivity contribution is 5.90. The van der Waals surface area contributed by atoms with Crippen molar-refractivity contribution in [3.63, 3.8) is 0 Å². The molecule has 0 radical (unpaired) electrons. The minimum Gasteiger partial charge on any atom is -0.478 e. The van der Waals surface area contributed by atoms with Crippen LogP contribution in [0.3, 0.4) is 0 Å². The zero-order valence-electron chi connectivity index (χ0n) is 10.1. The van der Waals surface area contributed by atoms with Crippen molar-refractivity contribution < 1.29 is 14.3 Å². The van der Waals surface area contributed by atoms with Crippen LogP contribution in [0.4, 0.5) is 15.8 Å². The summed E-state index contributed by atoms with van der Waals surface area (Å²) in [7, 11) is 1.77. The van der Waals surface area contributed by atoms with Crippen molar-refractivity contribution in [2.75, 3.05) is 11.1 Å². The monoisotopic (exact) mass is 265 g/mol. The maximum atomic E-state index is 13.5. The number of aromatic carboxylic acids is 1. The minimum atomic E-state index is -1.36. The van der Waals surface area contributed by atoms with E-state index in [1.807, 2.05) is 0 Å². The van der Waals surface area contributed by atoms with E-state index in [-0.39, 0.29) is 5.69 Å². The molecular weight excluding hydrogens is 253 g/mol. The maximum absolute atomic E-state index is 13.5. The number of carboxylic acids is 1. The number of halogens is 1. The van der Waals surface area contributed by atoms with Crippen molar-refractivity contribution in [3.05, 3.63) is 35.7 Å². The molecule has 2 aromatic rings. The number of benzene rings is 1. The van der Waals surface area contributed by atoms with Gasteiger partial charge in [-0.15, -0.1) is 10.2 Å². The number of anilines is 2. The minimum absolute atomic E-state index is 0.154. The van der Waals surface area contributed by atoms with Gasteiger partial charge >= 0.3 is 5.97 Å². The second kappa shape index (κ2) is 4.92. The largest absolute Gasteiger partial charge is 0.478 e. The van der Waals surface area contributed by atoms with Crippen LogP contribution >= 0.6 is 0 Å². The Hall–Kier alpha value is -2.64. The third-order valence-electron chi connectivity index (χ3n) is 2.61. The smallest absolute Gasteiger partial charge is 0.338 e. The molecule has 0 spiro atoms. The van der Waals surface area contributed by atoms with E-state index in [1.165, 1.54) is 6.33 Å². The van der Waals surface area contributed by atoms with Crippen LogP contribution in [-0.4, -0.2) is 25.8 Å². The number of carboxylic acid groups (broad SMARTS) is 1. The van der Waals surface area contributed by atoms with Crippen LogP contribution < -0.4 is 11.1 Å². The second-order valence-electron chi connectivity index (χ2n) is 3.94. The Bertz CT molecular complexity index is 626. The molecule has 1 aromatic heterocycles. The Morgan fingerprint density at radius 1 is 1.58 bits per heavy atom. The summed E-state index contributed by atoms with van der Waals surface area (Å²) < 4.78 is 15.2. The SMILES string of the molecule is Cn1cnnc1CNc1cc(F)c(C(=O)O)cc1N. The molecule has 0 aliphatic carbocycles. The number of carbonyl (C=O) groups is 1. The number of hydrogen-bond acceptors (Lipinski definition) is 5. The molecule has 0 atom stereocenters. The lowest BCUT2D eigenvalue weighted by molar-refractivity contribution is 0.0692. The molecule has 7 nitrogen and oxygen atoms in total. The van der Waals surface area contributed by atoms with Gasteiger partial charge in [0.05, 0.1) is 23.5 Å². The van der Waals surface area contributed by atoms with Crippen LogP contribution in [0.1, 0.15) is 16.2 Å². The van der Waals surface area contributed by atoms with E-state index in [4.69, 9.17) is 10.8 Å². The Morgan fingerprint density at radius 2 is 2.32 bits per heavy atom. The van der Waals surface area contributed by atoms with E-state index in [1.54, 1.807) is 11.6 Å². The highest BCUT2D eigenvalue weighted by atomic mass is 19.1. The van der Waals surface area contributed by atoms with Gasteiger partial charge in [-0.2, -0.15) is 0 Å². The molecule has 0 aliphatic heterocycles. The van der Waals surface area contributed by atoms with Gasteiger partial charge in [-0.25, -0.2) is 9.18 Å². The van der Waals surface area contributed by atoms with Crippen molar-refractivity contribution in [1.82, 2.24) is 14.8 Å². The first-order chi connectivity index (χ1) is 8.99. The predicted molar refractivity (Wildman–Crippen MR) is 66.1 cm³/mol. The molecule has 19 heavy (non-hydrogen) atoms. The van der Waals surface area contributed by atoms with Gasteiger partial charge in [0.2, 0.25) is 0 Å². The lowest BCUT2D eigenvalue weighted by Gasteiger charge is -2.10. The number of nitrogens with one attached hydrogen (secondary N) is 1. The molecule has 0 fully saturated rings. The summed E-state index contributed by atoms with van der Waals surface area (Å²) in [6.45, 7) is 0.298. The quantitative estimate of drug-likeness (QED) is 0.707. The van der Waals surface area contributed by atoms with Crippen LogP contribution in [-0.2, 0) is 13.6 Å². The molecule has 0 amide bonds. The van der Waals surface area contributed by atoms with Crippen molar-refractivity contribution in [2.45, 2.75) is 6.54 Å². The summed E-state index contributed by atoms with van der Waals surface area (Å²) in [5, 5.41) is 19.2. The highest BCUT2D eigenvalue weighted by Gasteiger charge is 2.13. The van der Waals surface area contributed by atoms with Gasteiger partial charge < -0.3 is 20.7 Å². The Labute approximate surface area is 107 Å². The number of nitrogens with zero attached hydrogens (tertiary/aromatic N) is 3. The highest BCUT2D eigenvalue weighted by Crippen LogP contribution is 2.23. The van der Waals surface area contributed by atoms with Gasteiger partial charge in [0, 0.05) is 7.05 Å². The zero-order chi connectivity index (χ0) is 14.0. The molecule has 0 aliphatic rings. The number of nitrogens with two attached hydrogens (primary N) is 1. The lowest BCUT2D eigenvalue weighted by atomic mass is 10.1. The maximum Gasteiger partial charge on any atom is 0.338 e. The Balaban J connectivity index is 2.20. The van der Waals surface area contributed by atoms with E-state index >= 15 is 0 Å². The van der Waals surface area contributed by atoms with Crippen LogP contribution in [0.5, 0.6) is 0 Å². The van der Waals surface area contributed by atoms with Gasteiger partial charge in [0.1, 0.15) is 12.1 Å². The van der Waals surface area contributed by atoms with Crippen LogP contribution in [0.25, 0.3) is 0 Å². The van der Waals surface area contributed by atoms with E-state index in [2.05, 4.69) is 15.5 Å². The molecule has 1 aromatic carbocycles. The summed E-state index contributed by atoms with van der Waals surface area (Å²) in [5.74, 6) is -1.56. The van der Waals surface area contributed by atoms with Gasteiger partial charge in [-0.1, -0.05) is 0 Å². The van der Waals surface area contributed by atoms with Gasteiger partial charge in [-0.3, -0.25) is 0 Å². The average molecular weight is 265 g/mol. The summed E-state index contributed by atoms with van der Waals surface area (Å²) in [4.78, 5) is 10.7. The fourth-order valence-corrected chi connectivity index (χ4v) is 1.55. The van der Waals surface area contributed by atoms with Crippen LogP contribution in [0, 0.1) is 5.82 Å². The fourth-order valence-electron chi connectivity index (χ4n) is 1.55. The first kappa shape index (κ1) is 12.8. The van der Waals surface area contributed by atoms with Crippen LogP contribution in [0.15, 0.2) is 18.5 Å². The fraction of sp³-hybridized carbons (Fsp3) is 0.182. The number of rotatable bonds is 4. The Morgan fingerprint density at radius 3 is 2.89 bits per heavy atom. The summed E-state index contributed by atoms with van der Waals surface area (Å²) in [6, 6.07) is 2.13. The first-order valence-electron chi connectivity index (χ1n) is 5.38. The van der Waals surface area contributed by atoms with Gasteiger partial charge in [-0.05, 0) is 12.1 Å². The molecule has 0 saturated heterocycles. The summed E-state index contributed by atoms with van der Waals surface area (Å²) >= 11 is 0. The molecule has 1 heterocycles. The number of aryl methyl sites for hydroxylation is 1. The molecular formula is C11H12FN5O2. The van der Waals surface area contributed by atoms with E-state index in [0.717, 1.165) is 12.1 Å². The van der Waals surface area contributed by atoms with E-state index in [0.29, 0.717) is 18.1 Å². The third kappa shape index (κ3) is 2.62. The molecule has 100 valence electrons. The normalized spacial score (nSPS) is 10.4. The van der Waals surface area contributed by atoms with E-state index in [9.17, 15) is 9.18 Å². The first-order valence-corrected chi connectivity index (χ1v) is 5.38. The average Bonchev–Trinajstić information content (AvgIpc) is 2.75. The number of nitrogen functional groups attached to an aromatic ring is 1. The molecule has 0 saturated carbocycles. The lowest BCUT2D eigenvalue weighted by Crippen LogP contribution is -2.09.